The van der Waals surface area contributed by atoms with Gasteiger partial charge in [0.2, 0.25) is 0 Å². The predicted octanol–water partition coefficient (Wildman–Crippen LogP) is 0.585. The molecule has 0 unspecified atom stereocenters. The van der Waals surface area contributed by atoms with Gasteiger partial charge in [0, 0.05) is 12.8 Å². The van der Waals surface area contributed by atoms with E-state index < -0.39 is 0 Å². The second-order valence-corrected chi connectivity index (χ2v) is 2.02. The van der Waals surface area contributed by atoms with Crippen molar-refractivity contribution in [2.45, 2.75) is 13.8 Å². The lowest BCUT2D eigenvalue weighted by molar-refractivity contribution is 0.0526. The minimum Gasteiger partial charge on any atom is -0.462 e. The quantitative estimate of drug-likeness (QED) is 0.662. The summed E-state index contributed by atoms with van der Waals surface area (Å²) in [5.41, 5.74) is 0.460. The van der Waals surface area contributed by atoms with Gasteiger partial charge in [0.1, 0.15) is 0 Å². The lowest BCUT2D eigenvalue weighted by Crippen LogP contribution is -2.02. The summed E-state index contributed by atoms with van der Waals surface area (Å²) >= 11 is 0. The van der Waals surface area contributed by atoms with Gasteiger partial charge in [-0.1, -0.05) is 0 Å². The molecule has 1 rings (SSSR count). The van der Waals surface area contributed by atoms with Crippen LogP contribution in [-0.2, 0) is 4.74 Å². The molecule has 0 aromatic carbocycles. The van der Waals surface area contributed by atoms with Crippen LogP contribution in [0.3, 0.4) is 0 Å². The standard InChI is InChI=1S/C6H8N2O2.C2H6O/c1-2-10-6(9)5-3-7-8-4-5;1-2-3/h3-4H,2H2,1H3,(H,7,8);3H,2H2,1H3. The third kappa shape index (κ3) is 4.97. The van der Waals surface area contributed by atoms with Crippen molar-refractivity contribution in [1.82, 2.24) is 10.2 Å². The Morgan fingerprint density at radius 1 is 1.69 bits per heavy atom. The number of hydrogen-bond acceptors (Lipinski definition) is 4. The molecule has 0 saturated carbocycles. The molecule has 0 bridgehead atoms. The van der Waals surface area contributed by atoms with E-state index in [1.807, 2.05) is 0 Å². The van der Waals surface area contributed by atoms with Crippen LogP contribution in [0.25, 0.3) is 0 Å². The zero-order valence-electron chi connectivity index (χ0n) is 7.78. The molecule has 5 heteroatoms. The first kappa shape index (κ1) is 11.6. The van der Waals surface area contributed by atoms with E-state index in [2.05, 4.69) is 14.9 Å². The number of rotatable bonds is 2. The average Bonchev–Trinajstić information content (AvgIpc) is 2.58. The summed E-state index contributed by atoms with van der Waals surface area (Å²) in [7, 11) is 0. The van der Waals surface area contributed by atoms with Gasteiger partial charge in [0.25, 0.3) is 0 Å². The van der Waals surface area contributed by atoms with Crippen molar-refractivity contribution in [3.8, 4) is 0 Å². The van der Waals surface area contributed by atoms with E-state index >= 15 is 0 Å². The molecule has 74 valence electrons. The fraction of sp³-hybridized carbons (Fsp3) is 0.500. The maximum Gasteiger partial charge on any atom is 0.341 e. The lowest BCUT2D eigenvalue weighted by atomic mass is 10.4. The average molecular weight is 186 g/mol. The van der Waals surface area contributed by atoms with Crippen molar-refractivity contribution in [2.24, 2.45) is 0 Å². The van der Waals surface area contributed by atoms with Crippen LogP contribution >= 0.6 is 0 Å². The Morgan fingerprint density at radius 3 is 2.69 bits per heavy atom. The molecule has 1 aromatic rings. The normalized spacial score (nSPS) is 8.54. The molecule has 2 N–H and O–H groups in total. The highest BCUT2D eigenvalue weighted by Gasteiger charge is 2.04. The molecule has 0 aliphatic rings. The number of aliphatic hydroxyl groups excluding tert-OH is 1. The van der Waals surface area contributed by atoms with Gasteiger partial charge in [0.15, 0.2) is 0 Å². The van der Waals surface area contributed by atoms with E-state index in [0.717, 1.165) is 0 Å². The van der Waals surface area contributed by atoms with Gasteiger partial charge in [-0.05, 0) is 13.8 Å². The van der Waals surface area contributed by atoms with Gasteiger partial charge in [0.05, 0.1) is 18.4 Å². The third-order valence-electron chi connectivity index (χ3n) is 1.01. The minimum atomic E-state index is -0.337. The highest BCUT2D eigenvalue weighted by atomic mass is 16.5. The summed E-state index contributed by atoms with van der Waals surface area (Å²) in [4.78, 5) is 10.8. The number of hydrogen-bond donors (Lipinski definition) is 2. The molecule has 1 heterocycles. The molecule has 0 radical (unpaired) electrons. The second kappa shape index (κ2) is 7.30. The van der Waals surface area contributed by atoms with E-state index in [0.29, 0.717) is 12.2 Å². The Bertz CT molecular complexity index is 221. The third-order valence-corrected chi connectivity index (χ3v) is 1.01. The Morgan fingerprint density at radius 2 is 2.31 bits per heavy atom. The molecular weight excluding hydrogens is 172 g/mol. The molecule has 0 aliphatic heterocycles. The largest absolute Gasteiger partial charge is 0.462 e. The fourth-order valence-electron chi connectivity index (χ4n) is 0.577. The summed E-state index contributed by atoms with van der Waals surface area (Å²) in [5, 5.41) is 13.7. The van der Waals surface area contributed by atoms with Crippen molar-refractivity contribution in [2.75, 3.05) is 13.2 Å². The highest BCUT2D eigenvalue weighted by Crippen LogP contribution is 1.95. The topological polar surface area (TPSA) is 75.2 Å². The van der Waals surface area contributed by atoms with Gasteiger partial charge in [-0.2, -0.15) is 5.10 Å². The number of carbonyl (C=O) groups is 1. The highest BCUT2D eigenvalue weighted by molar-refractivity contribution is 5.88. The van der Waals surface area contributed by atoms with Crippen LogP contribution < -0.4 is 0 Å². The van der Waals surface area contributed by atoms with E-state index in [1.165, 1.54) is 12.4 Å². The van der Waals surface area contributed by atoms with Gasteiger partial charge in [-0.3, -0.25) is 5.10 Å². The molecule has 0 saturated heterocycles. The van der Waals surface area contributed by atoms with Crippen molar-refractivity contribution in [1.29, 1.82) is 0 Å². The molecule has 0 fully saturated rings. The fourth-order valence-corrected chi connectivity index (χ4v) is 0.577. The van der Waals surface area contributed by atoms with Gasteiger partial charge in [-0.25, -0.2) is 4.79 Å². The number of H-pyrrole nitrogens is 1. The Labute approximate surface area is 76.7 Å². The maximum absolute atomic E-state index is 10.8. The van der Waals surface area contributed by atoms with E-state index in [9.17, 15) is 4.79 Å². The molecular formula is C8H14N2O3. The minimum absolute atomic E-state index is 0.250. The Kier molecular flexibility index (Phi) is 6.53. The van der Waals surface area contributed by atoms with Crippen LogP contribution in [0, 0.1) is 0 Å². The van der Waals surface area contributed by atoms with Crippen LogP contribution in [0.1, 0.15) is 24.2 Å². The first-order valence-corrected chi connectivity index (χ1v) is 4.03. The molecule has 0 atom stereocenters. The van der Waals surface area contributed by atoms with Gasteiger partial charge >= 0.3 is 5.97 Å². The summed E-state index contributed by atoms with van der Waals surface area (Å²) in [5.74, 6) is -0.337. The number of aliphatic hydroxyl groups is 1. The molecule has 0 aliphatic carbocycles. The van der Waals surface area contributed by atoms with Crippen molar-refractivity contribution >= 4 is 5.97 Å². The van der Waals surface area contributed by atoms with Crippen LogP contribution in [0.4, 0.5) is 0 Å². The first-order valence-electron chi connectivity index (χ1n) is 4.03. The monoisotopic (exact) mass is 186 g/mol. The van der Waals surface area contributed by atoms with Crippen molar-refractivity contribution < 1.29 is 14.6 Å². The Hall–Kier alpha value is -1.36. The van der Waals surface area contributed by atoms with E-state index in [4.69, 9.17) is 5.11 Å². The zero-order chi connectivity index (χ0) is 10.1. The number of carbonyl (C=O) groups excluding carboxylic acids is 1. The van der Waals surface area contributed by atoms with E-state index in [1.54, 1.807) is 13.8 Å². The van der Waals surface area contributed by atoms with Crippen molar-refractivity contribution in [3.05, 3.63) is 18.0 Å². The number of esters is 1. The second-order valence-electron chi connectivity index (χ2n) is 2.02. The van der Waals surface area contributed by atoms with Crippen LogP contribution in [0.5, 0.6) is 0 Å². The number of ether oxygens (including phenoxy) is 1. The molecule has 0 amide bonds. The van der Waals surface area contributed by atoms with E-state index in [-0.39, 0.29) is 12.6 Å². The SMILES string of the molecule is CCO.CCOC(=O)c1cn[nH]c1. The van der Waals surface area contributed by atoms with Crippen LogP contribution in [0.15, 0.2) is 12.4 Å². The Balaban J connectivity index is 0.000000424. The first-order chi connectivity index (χ1) is 6.26. The van der Waals surface area contributed by atoms with Crippen LogP contribution in [-0.4, -0.2) is 34.5 Å². The summed E-state index contributed by atoms with van der Waals surface area (Å²) < 4.78 is 4.69. The number of nitrogens with one attached hydrogen (secondary N) is 1. The molecule has 13 heavy (non-hydrogen) atoms. The van der Waals surface area contributed by atoms with Gasteiger partial charge < -0.3 is 9.84 Å². The number of aromatic amines is 1. The lowest BCUT2D eigenvalue weighted by Gasteiger charge is -1.95. The van der Waals surface area contributed by atoms with Gasteiger partial charge in [-0.15, -0.1) is 0 Å². The summed E-state index contributed by atoms with van der Waals surface area (Å²) in [6, 6.07) is 0. The molecule has 1 aromatic heterocycles. The number of aromatic nitrogens is 2. The zero-order valence-corrected chi connectivity index (χ0v) is 7.78. The van der Waals surface area contributed by atoms with Crippen molar-refractivity contribution in [3.63, 3.8) is 0 Å². The maximum atomic E-state index is 10.8. The predicted molar refractivity (Wildman–Crippen MR) is 47.3 cm³/mol. The molecule has 0 spiro atoms. The molecule has 5 nitrogen and oxygen atoms in total. The van der Waals surface area contributed by atoms with Crippen LogP contribution in [0.2, 0.25) is 0 Å². The summed E-state index contributed by atoms with van der Waals surface area (Å²) in [6.45, 7) is 4.09. The number of nitrogens with zero attached hydrogens (tertiary/aromatic N) is 1. The summed E-state index contributed by atoms with van der Waals surface area (Å²) in [6.07, 6.45) is 2.93. The smallest absolute Gasteiger partial charge is 0.341 e.